The summed E-state index contributed by atoms with van der Waals surface area (Å²) in [4.78, 5) is 29.4. The molecule has 1 aromatic heterocycles. The average Bonchev–Trinajstić information content (AvgIpc) is 2.94. The molecule has 1 saturated heterocycles. The van der Waals surface area contributed by atoms with Crippen molar-refractivity contribution in [2.24, 2.45) is 5.73 Å². The summed E-state index contributed by atoms with van der Waals surface area (Å²) in [5.41, 5.74) is 5.67. The Balaban J connectivity index is 1.73. The number of nitrogens with two attached hydrogens (primary N) is 1. The Morgan fingerprint density at radius 3 is 2.67 bits per heavy atom. The molecule has 0 atom stereocenters. The van der Waals surface area contributed by atoms with Gasteiger partial charge in [0.15, 0.2) is 0 Å². The van der Waals surface area contributed by atoms with E-state index >= 15 is 0 Å². The van der Waals surface area contributed by atoms with Crippen LogP contribution in [0.3, 0.4) is 0 Å². The zero-order chi connectivity index (χ0) is 14.9. The molecule has 2 aliphatic rings. The summed E-state index contributed by atoms with van der Waals surface area (Å²) >= 11 is 0. The number of ether oxygens (including phenoxy) is 1. The molecule has 6 nitrogen and oxygen atoms in total. The molecule has 0 radical (unpaired) electrons. The fraction of sp³-hybridized carbons (Fsp3) is 0.533. The highest BCUT2D eigenvalue weighted by atomic mass is 16.5. The highest BCUT2D eigenvalue weighted by molar-refractivity contribution is 5.95. The van der Waals surface area contributed by atoms with Crippen LogP contribution in [-0.2, 0) is 4.74 Å². The molecule has 21 heavy (non-hydrogen) atoms. The maximum atomic E-state index is 12.5. The highest BCUT2D eigenvalue weighted by Gasteiger charge is 2.40. The summed E-state index contributed by atoms with van der Waals surface area (Å²) in [7, 11) is 0. The molecule has 112 valence electrons. The van der Waals surface area contributed by atoms with Gasteiger partial charge in [-0.15, -0.1) is 0 Å². The largest absolute Gasteiger partial charge is 0.371 e. The third kappa shape index (κ3) is 2.76. The lowest BCUT2D eigenvalue weighted by molar-refractivity contribution is -0.0949. The summed E-state index contributed by atoms with van der Waals surface area (Å²) in [6.45, 7) is 1.79. The van der Waals surface area contributed by atoms with Crippen molar-refractivity contribution in [1.29, 1.82) is 0 Å². The van der Waals surface area contributed by atoms with E-state index in [0.29, 0.717) is 31.0 Å². The van der Waals surface area contributed by atoms with Crippen LogP contribution in [0, 0.1) is 0 Å². The molecule has 2 amide bonds. The van der Waals surface area contributed by atoms with Crippen LogP contribution in [0.2, 0.25) is 0 Å². The van der Waals surface area contributed by atoms with E-state index in [-0.39, 0.29) is 11.5 Å². The van der Waals surface area contributed by atoms with Crippen molar-refractivity contribution in [2.75, 3.05) is 19.7 Å². The number of morpholine rings is 1. The average molecular weight is 289 g/mol. The van der Waals surface area contributed by atoms with Crippen molar-refractivity contribution in [3.05, 3.63) is 29.6 Å². The lowest BCUT2D eigenvalue weighted by Crippen LogP contribution is -2.52. The number of hydrogen-bond donors (Lipinski definition) is 1. The van der Waals surface area contributed by atoms with Crippen LogP contribution in [0.15, 0.2) is 18.3 Å². The minimum absolute atomic E-state index is 0.111. The summed E-state index contributed by atoms with van der Waals surface area (Å²) in [5.74, 6) is -0.654. The topological polar surface area (TPSA) is 85.5 Å². The van der Waals surface area contributed by atoms with Crippen LogP contribution in [0.1, 0.15) is 46.5 Å². The molecule has 1 aromatic rings. The molecular weight excluding hydrogens is 270 g/mol. The predicted octanol–water partition coefficient (Wildman–Crippen LogP) is 0.966. The predicted molar refractivity (Wildman–Crippen MR) is 75.8 cm³/mol. The van der Waals surface area contributed by atoms with Gasteiger partial charge in [0.2, 0.25) is 5.91 Å². The summed E-state index contributed by atoms with van der Waals surface area (Å²) in [6.07, 6.45) is 5.71. The smallest absolute Gasteiger partial charge is 0.272 e. The van der Waals surface area contributed by atoms with Crippen molar-refractivity contribution in [2.45, 2.75) is 31.3 Å². The lowest BCUT2D eigenvalue weighted by atomic mass is 9.99. The Morgan fingerprint density at radius 1 is 1.29 bits per heavy atom. The van der Waals surface area contributed by atoms with Crippen molar-refractivity contribution in [3.63, 3.8) is 0 Å². The molecule has 0 bridgehead atoms. The Hall–Kier alpha value is -1.95. The number of carbonyl (C=O) groups is 2. The summed E-state index contributed by atoms with van der Waals surface area (Å²) in [6, 6.07) is 3.09. The van der Waals surface area contributed by atoms with Crippen LogP contribution in [0.4, 0.5) is 0 Å². The number of rotatable bonds is 2. The second kappa shape index (κ2) is 5.44. The van der Waals surface area contributed by atoms with Crippen LogP contribution < -0.4 is 5.73 Å². The molecule has 2 fully saturated rings. The molecule has 3 rings (SSSR count). The van der Waals surface area contributed by atoms with Crippen molar-refractivity contribution >= 4 is 11.8 Å². The van der Waals surface area contributed by atoms with E-state index in [0.717, 1.165) is 25.7 Å². The van der Waals surface area contributed by atoms with Crippen LogP contribution in [0.5, 0.6) is 0 Å². The van der Waals surface area contributed by atoms with Gasteiger partial charge in [0.25, 0.3) is 5.91 Å². The summed E-state index contributed by atoms with van der Waals surface area (Å²) in [5, 5.41) is 0. The summed E-state index contributed by atoms with van der Waals surface area (Å²) < 4.78 is 5.92. The first-order valence-electron chi connectivity index (χ1n) is 7.29. The number of primary amides is 1. The van der Waals surface area contributed by atoms with Gasteiger partial charge in [-0.25, -0.2) is 0 Å². The fourth-order valence-corrected chi connectivity index (χ4v) is 3.17. The Bertz CT molecular complexity index is 550. The number of carbonyl (C=O) groups excluding carboxylic acids is 2. The molecule has 1 aliphatic carbocycles. The number of aromatic nitrogens is 1. The SMILES string of the molecule is NC(=O)c1ccc(C(=O)N2CCOC3(CCCC3)C2)nc1. The number of pyridine rings is 1. The molecule has 2 N–H and O–H groups in total. The molecule has 2 heterocycles. The van der Waals surface area contributed by atoms with Crippen LogP contribution in [-0.4, -0.2) is 47.0 Å². The van der Waals surface area contributed by atoms with Crippen molar-refractivity contribution in [3.8, 4) is 0 Å². The highest BCUT2D eigenvalue weighted by Crippen LogP contribution is 2.36. The maximum Gasteiger partial charge on any atom is 0.272 e. The Labute approximate surface area is 123 Å². The van der Waals surface area contributed by atoms with E-state index in [9.17, 15) is 9.59 Å². The van der Waals surface area contributed by atoms with Gasteiger partial charge >= 0.3 is 0 Å². The van der Waals surface area contributed by atoms with E-state index in [1.54, 1.807) is 11.0 Å². The number of hydrogen-bond acceptors (Lipinski definition) is 4. The number of amides is 2. The quantitative estimate of drug-likeness (QED) is 0.879. The fourth-order valence-electron chi connectivity index (χ4n) is 3.17. The van der Waals surface area contributed by atoms with Gasteiger partial charge in [-0.05, 0) is 25.0 Å². The van der Waals surface area contributed by atoms with Crippen molar-refractivity contribution in [1.82, 2.24) is 9.88 Å². The first kappa shape index (κ1) is 14.0. The van der Waals surface area contributed by atoms with E-state index in [1.165, 1.54) is 12.3 Å². The maximum absolute atomic E-state index is 12.5. The van der Waals surface area contributed by atoms with Gasteiger partial charge in [0.1, 0.15) is 5.69 Å². The first-order valence-corrected chi connectivity index (χ1v) is 7.29. The lowest BCUT2D eigenvalue weighted by Gasteiger charge is -2.40. The van der Waals surface area contributed by atoms with E-state index < -0.39 is 5.91 Å². The minimum atomic E-state index is -0.544. The van der Waals surface area contributed by atoms with Gasteiger partial charge in [0, 0.05) is 12.7 Å². The third-order valence-corrected chi connectivity index (χ3v) is 4.32. The minimum Gasteiger partial charge on any atom is -0.371 e. The molecule has 0 aromatic carbocycles. The molecule has 1 aliphatic heterocycles. The van der Waals surface area contributed by atoms with Crippen LogP contribution in [0.25, 0.3) is 0 Å². The zero-order valence-corrected chi connectivity index (χ0v) is 11.9. The second-order valence-electron chi connectivity index (χ2n) is 5.76. The van der Waals surface area contributed by atoms with Gasteiger partial charge in [-0.1, -0.05) is 12.8 Å². The van der Waals surface area contributed by atoms with Crippen molar-refractivity contribution < 1.29 is 14.3 Å². The van der Waals surface area contributed by atoms with Crippen LogP contribution >= 0.6 is 0 Å². The number of nitrogens with zero attached hydrogens (tertiary/aromatic N) is 2. The van der Waals surface area contributed by atoms with E-state index in [4.69, 9.17) is 10.5 Å². The molecular formula is C15H19N3O3. The van der Waals surface area contributed by atoms with E-state index in [1.807, 2.05) is 0 Å². The zero-order valence-electron chi connectivity index (χ0n) is 11.9. The second-order valence-corrected chi connectivity index (χ2v) is 5.76. The van der Waals surface area contributed by atoms with E-state index in [2.05, 4.69) is 4.98 Å². The Kier molecular flexibility index (Phi) is 3.63. The third-order valence-electron chi connectivity index (χ3n) is 4.32. The van der Waals surface area contributed by atoms with Gasteiger partial charge < -0.3 is 15.4 Å². The molecule has 0 unspecified atom stereocenters. The normalized spacial score (nSPS) is 20.7. The first-order chi connectivity index (χ1) is 10.1. The van der Waals surface area contributed by atoms with Gasteiger partial charge in [0.05, 0.1) is 24.3 Å². The molecule has 1 saturated carbocycles. The molecule has 6 heteroatoms. The van der Waals surface area contributed by atoms with Gasteiger partial charge in [-0.3, -0.25) is 14.6 Å². The Morgan fingerprint density at radius 2 is 2.05 bits per heavy atom. The monoisotopic (exact) mass is 289 g/mol. The molecule has 1 spiro atoms. The van der Waals surface area contributed by atoms with Gasteiger partial charge in [-0.2, -0.15) is 0 Å². The standard InChI is InChI=1S/C15H19N3O3/c16-13(19)11-3-4-12(17-9-11)14(20)18-7-8-21-15(10-18)5-1-2-6-15/h3-4,9H,1-2,5-8,10H2,(H2,16,19).